The van der Waals surface area contributed by atoms with Crippen LogP contribution in [0.5, 0.6) is 0 Å². The highest BCUT2D eigenvalue weighted by molar-refractivity contribution is 6.31. The third-order valence-corrected chi connectivity index (χ3v) is 3.18. The SMILES string of the molecule is COCCCC/C(C)=C\N=C(C)Nc1ccc(F)c(Cl)c1. The molecule has 1 rings (SSSR count). The van der Waals surface area contributed by atoms with Crippen molar-refractivity contribution in [3.63, 3.8) is 0 Å². The number of unbranched alkanes of at least 4 members (excludes halogenated alkanes) is 1. The zero-order valence-corrected chi connectivity index (χ0v) is 13.5. The van der Waals surface area contributed by atoms with Crippen molar-refractivity contribution >= 4 is 23.1 Å². The maximum Gasteiger partial charge on any atom is 0.141 e. The maximum atomic E-state index is 13.1. The van der Waals surface area contributed by atoms with Crippen molar-refractivity contribution in [1.82, 2.24) is 0 Å². The molecule has 0 spiro atoms. The second-order valence-electron chi connectivity index (χ2n) is 4.89. The molecule has 0 heterocycles. The van der Waals surface area contributed by atoms with Crippen molar-refractivity contribution in [2.75, 3.05) is 19.0 Å². The van der Waals surface area contributed by atoms with E-state index in [1.165, 1.54) is 17.7 Å². The van der Waals surface area contributed by atoms with Gasteiger partial charge >= 0.3 is 0 Å². The van der Waals surface area contributed by atoms with Gasteiger partial charge < -0.3 is 10.1 Å². The van der Waals surface area contributed by atoms with Crippen LogP contribution in [0.25, 0.3) is 0 Å². The summed E-state index contributed by atoms with van der Waals surface area (Å²) >= 11 is 5.73. The van der Waals surface area contributed by atoms with E-state index in [1.807, 2.05) is 13.1 Å². The van der Waals surface area contributed by atoms with Crippen LogP contribution >= 0.6 is 11.6 Å². The molecule has 5 heteroatoms. The first kappa shape index (κ1) is 17.7. The molecular weight excluding hydrogens is 291 g/mol. The van der Waals surface area contributed by atoms with Crippen molar-refractivity contribution in [3.05, 3.63) is 40.8 Å². The van der Waals surface area contributed by atoms with Gasteiger partial charge in [-0.1, -0.05) is 17.2 Å². The number of rotatable bonds is 7. The van der Waals surface area contributed by atoms with E-state index in [0.717, 1.165) is 31.7 Å². The Morgan fingerprint density at radius 3 is 2.81 bits per heavy atom. The molecule has 0 bridgehead atoms. The van der Waals surface area contributed by atoms with Gasteiger partial charge in [0, 0.05) is 25.6 Å². The third-order valence-electron chi connectivity index (χ3n) is 2.89. The molecule has 0 atom stereocenters. The van der Waals surface area contributed by atoms with Crippen LogP contribution in [0.3, 0.4) is 0 Å². The lowest BCUT2D eigenvalue weighted by Crippen LogP contribution is -2.06. The molecule has 0 aliphatic carbocycles. The zero-order chi connectivity index (χ0) is 15.7. The maximum absolute atomic E-state index is 13.1. The zero-order valence-electron chi connectivity index (χ0n) is 12.7. The van der Waals surface area contributed by atoms with Gasteiger partial charge in [-0.05, 0) is 51.3 Å². The number of nitrogens with one attached hydrogen (secondary N) is 1. The summed E-state index contributed by atoms with van der Waals surface area (Å²) < 4.78 is 18.1. The average molecular weight is 313 g/mol. The highest BCUT2D eigenvalue weighted by Gasteiger charge is 2.01. The topological polar surface area (TPSA) is 33.6 Å². The molecule has 0 aliphatic heterocycles. The molecule has 0 saturated heterocycles. The van der Waals surface area contributed by atoms with E-state index in [0.29, 0.717) is 5.69 Å². The van der Waals surface area contributed by atoms with E-state index in [4.69, 9.17) is 16.3 Å². The Balaban J connectivity index is 2.49. The van der Waals surface area contributed by atoms with Gasteiger partial charge in [0.25, 0.3) is 0 Å². The molecule has 0 aromatic heterocycles. The van der Waals surface area contributed by atoms with Crippen LogP contribution in [0.1, 0.15) is 33.1 Å². The summed E-state index contributed by atoms with van der Waals surface area (Å²) in [5, 5.41) is 3.17. The van der Waals surface area contributed by atoms with Crippen molar-refractivity contribution in [2.24, 2.45) is 4.99 Å². The largest absolute Gasteiger partial charge is 0.385 e. The number of nitrogens with zero attached hydrogens (tertiary/aromatic N) is 1. The highest BCUT2D eigenvalue weighted by atomic mass is 35.5. The number of hydrogen-bond acceptors (Lipinski definition) is 2. The first-order valence-electron chi connectivity index (χ1n) is 6.94. The Morgan fingerprint density at radius 1 is 1.38 bits per heavy atom. The van der Waals surface area contributed by atoms with Crippen molar-refractivity contribution in [1.29, 1.82) is 0 Å². The van der Waals surface area contributed by atoms with Crippen molar-refractivity contribution < 1.29 is 9.13 Å². The Hall–Kier alpha value is -1.39. The van der Waals surface area contributed by atoms with E-state index >= 15 is 0 Å². The van der Waals surface area contributed by atoms with Crippen molar-refractivity contribution in [2.45, 2.75) is 33.1 Å². The number of ether oxygens (including phenoxy) is 1. The lowest BCUT2D eigenvalue weighted by Gasteiger charge is -2.06. The van der Waals surface area contributed by atoms with Gasteiger partial charge in [-0.15, -0.1) is 0 Å². The fourth-order valence-electron chi connectivity index (χ4n) is 1.74. The normalized spacial score (nSPS) is 12.6. The van der Waals surface area contributed by atoms with Gasteiger partial charge in [-0.3, -0.25) is 0 Å². The number of methoxy groups -OCH3 is 1. The predicted octanol–water partition coefficient (Wildman–Crippen LogP) is 5.03. The molecule has 0 radical (unpaired) electrons. The second-order valence-corrected chi connectivity index (χ2v) is 5.30. The number of benzene rings is 1. The van der Waals surface area contributed by atoms with Gasteiger partial charge in [0.2, 0.25) is 0 Å². The summed E-state index contributed by atoms with van der Waals surface area (Å²) in [4.78, 5) is 4.35. The first-order valence-corrected chi connectivity index (χ1v) is 7.31. The minimum Gasteiger partial charge on any atom is -0.385 e. The van der Waals surface area contributed by atoms with E-state index < -0.39 is 5.82 Å². The van der Waals surface area contributed by atoms with E-state index in [2.05, 4.69) is 17.2 Å². The van der Waals surface area contributed by atoms with Crippen LogP contribution in [0.4, 0.5) is 10.1 Å². The quantitative estimate of drug-likeness (QED) is 0.435. The molecule has 0 aliphatic rings. The molecule has 0 saturated carbocycles. The Kier molecular flexibility index (Phi) is 8.01. The number of halogens is 2. The van der Waals surface area contributed by atoms with Crippen LogP contribution in [0, 0.1) is 5.82 Å². The second kappa shape index (κ2) is 9.53. The Labute approximate surface area is 130 Å². The molecule has 3 nitrogen and oxygen atoms in total. The molecule has 1 N–H and O–H groups in total. The van der Waals surface area contributed by atoms with Crippen LogP contribution in [-0.2, 0) is 4.74 Å². The summed E-state index contributed by atoms with van der Waals surface area (Å²) in [6.07, 6.45) is 4.99. The minimum atomic E-state index is -0.427. The fraction of sp³-hybridized carbons (Fsp3) is 0.438. The van der Waals surface area contributed by atoms with Gasteiger partial charge in [0.05, 0.1) is 5.02 Å². The smallest absolute Gasteiger partial charge is 0.141 e. The van der Waals surface area contributed by atoms with Crippen LogP contribution in [0.2, 0.25) is 5.02 Å². The van der Waals surface area contributed by atoms with E-state index in [9.17, 15) is 4.39 Å². The van der Waals surface area contributed by atoms with Gasteiger partial charge in [-0.25, -0.2) is 9.38 Å². The van der Waals surface area contributed by atoms with Crippen LogP contribution < -0.4 is 5.32 Å². The van der Waals surface area contributed by atoms with E-state index in [-0.39, 0.29) is 5.02 Å². The lowest BCUT2D eigenvalue weighted by atomic mass is 10.1. The Bertz CT molecular complexity index is 515. The summed E-state index contributed by atoms with van der Waals surface area (Å²) in [6, 6.07) is 4.49. The van der Waals surface area contributed by atoms with E-state index in [1.54, 1.807) is 13.2 Å². The summed E-state index contributed by atoms with van der Waals surface area (Å²) in [6.45, 7) is 4.70. The number of aliphatic imine (C=N–C) groups is 1. The molecule has 0 amide bonds. The molecule has 0 fully saturated rings. The number of hydrogen-bond donors (Lipinski definition) is 1. The monoisotopic (exact) mass is 312 g/mol. The van der Waals surface area contributed by atoms with Gasteiger partial charge in [-0.2, -0.15) is 0 Å². The molecule has 116 valence electrons. The number of anilines is 1. The number of amidine groups is 1. The molecule has 0 unspecified atom stereocenters. The molecule has 21 heavy (non-hydrogen) atoms. The third kappa shape index (κ3) is 7.25. The standard InChI is InChI=1S/C16H22ClFN2O/c1-12(6-4-5-9-21-3)11-19-13(2)20-14-7-8-16(18)15(17)10-14/h7-8,10-11H,4-6,9H2,1-3H3,(H,19,20)/b12-11-. The van der Waals surface area contributed by atoms with Crippen LogP contribution in [-0.4, -0.2) is 19.6 Å². The number of allylic oxidation sites excluding steroid dienone is 1. The summed E-state index contributed by atoms with van der Waals surface area (Å²) in [5.41, 5.74) is 1.93. The van der Waals surface area contributed by atoms with Crippen molar-refractivity contribution in [3.8, 4) is 0 Å². The Morgan fingerprint density at radius 2 is 2.14 bits per heavy atom. The van der Waals surface area contributed by atoms with Crippen LogP contribution in [0.15, 0.2) is 35.0 Å². The molecule has 1 aromatic rings. The van der Waals surface area contributed by atoms with Gasteiger partial charge in [0.15, 0.2) is 0 Å². The lowest BCUT2D eigenvalue weighted by molar-refractivity contribution is 0.193. The highest BCUT2D eigenvalue weighted by Crippen LogP contribution is 2.19. The summed E-state index contributed by atoms with van der Waals surface area (Å²) in [7, 11) is 1.71. The summed E-state index contributed by atoms with van der Waals surface area (Å²) in [5.74, 6) is 0.303. The molecule has 1 aromatic carbocycles. The average Bonchev–Trinajstić information content (AvgIpc) is 2.45. The predicted molar refractivity (Wildman–Crippen MR) is 87.6 cm³/mol. The van der Waals surface area contributed by atoms with Gasteiger partial charge in [0.1, 0.15) is 11.7 Å². The minimum absolute atomic E-state index is 0.0951. The fourth-order valence-corrected chi connectivity index (χ4v) is 1.92. The molecular formula is C16H22ClFN2O. The first-order chi connectivity index (χ1) is 10.0.